The molecule has 7 heteroatoms. The maximum absolute atomic E-state index is 13.0. The molecule has 1 aromatic carbocycles. The third-order valence-electron chi connectivity index (χ3n) is 2.71. The molecule has 0 aromatic heterocycles. The molecule has 0 fully saturated rings. The standard InChI is InChI=1S/C14H18F2N2O3/c1-9(14(20)17-7-6-13(19)18(2)3)21-10-4-5-11(15)12(16)8-10/h4-5,8-9H,6-7H2,1-3H3,(H,17,20)/t9-/m0/s1. The summed E-state index contributed by atoms with van der Waals surface area (Å²) < 4.78 is 31.0. The van der Waals surface area contributed by atoms with Crippen LogP contribution in [-0.2, 0) is 9.59 Å². The lowest BCUT2D eigenvalue weighted by Crippen LogP contribution is -2.38. The Balaban J connectivity index is 2.44. The van der Waals surface area contributed by atoms with E-state index >= 15 is 0 Å². The van der Waals surface area contributed by atoms with Gasteiger partial charge in [-0.1, -0.05) is 0 Å². The zero-order valence-corrected chi connectivity index (χ0v) is 12.2. The van der Waals surface area contributed by atoms with Gasteiger partial charge in [-0.15, -0.1) is 0 Å². The summed E-state index contributed by atoms with van der Waals surface area (Å²) in [5, 5.41) is 2.54. The minimum absolute atomic E-state index is 0.0564. The van der Waals surface area contributed by atoms with E-state index in [9.17, 15) is 18.4 Å². The summed E-state index contributed by atoms with van der Waals surface area (Å²) >= 11 is 0. The molecule has 0 unspecified atom stereocenters. The van der Waals surface area contributed by atoms with E-state index in [0.717, 1.165) is 12.1 Å². The molecule has 0 spiro atoms. The number of benzene rings is 1. The van der Waals surface area contributed by atoms with E-state index in [2.05, 4.69) is 5.32 Å². The number of carbonyl (C=O) groups is 2. The van der Waals surface area contributed by atoms with Gasteiger partial charge in [0.05, 0.1) is 0 Å². The number of amides is 2. The molecule has 1 rings (SSSR count). The van der Waals surface area contributed by atoms with Crippen LogP contribution >= 0.6 is 0 Å². The van der Waals surface area contributed by atoms with E-state index < -0.39 is 23.6 Å². The Hall–Kier alpha value is -2.18. The summed E-state index contributed by atoms with van der Waals surface area (Å²) in [5.74, 6) is -2.52. The van der Waals surface area contributed by atoms with Gasteiger partial charge in [0.2, 0.25) is 5.91 Å². The zero-order chi connectivity index (χ0) is 16.0. The van der Waals surface area contributed by atoms with E-state index in [-0.39, 0.29) is 24.6 Å². The molecule has 0 aliphatic carbocycles. The Morgan fingerprint density at radius 1 is 1.29 bits per heavy atom. The van der Waals surface area contributed by atoms with Gasteiger partial charge >= 0.3 is 0 Å². The second kappa shape index (κ2) is 7.56. The average molecular weight is 300 g/mol. The summed E-state index contributed by atoms with van der Waals surface area (Å²) in [4.78, 5) is 24.5. The Morgan fingerprint density at radius 3 is 2.52 bits per heavy atom. The fourth-order valence-corrected chi connectivity index (χ4v) is 1.47. The quantitative estimate of drug-likeness (QED) is 0.862. The largest absolute Gasteiger partial charge is 0.481 e. The number of hydrogen-bond acceptors (Lipinski definition) is 3. The van der Waals surface area contributed by atoms with Crippen LogP contribution in [0.2, 0.25) is 0 Å². The van der Waals surface area contributed by atoms with Gasteiger partial charge in [-0.2, -0.15) is 0 Å². The molecule has 0 aliphatic heterocycles. The lowest BCUT2D eigenvalue weighted by atomic mass is 10.3. The summed E-state index contributed by atoms with van der Waals surface area (Å²) in [6.07, 6.45) is -0.708. The van der Waals surface area contributed by atoms with Gasteiger partial charge in [0.1, 0.15) is 5.75 Å². The van der Waals surface area contributed by atoms with Gasteiger partial charge in [0.25, 0.3) is 5.91 Å². The van der Waals surface area contributed by atoms with Crippen molar-refractivity contribution in [2.24, 2.45) is 0 Å². The summed E-state index contributed by atoms with van der Waals surface area (Å²) in [7, 11) is 3.25. The number of halogens is 2. The van der Waals surface area contributed by atoms with Crippen molar-refractivity contribution in [3.05, 3.63) is 29.8 Å². The highest BCUT2D eigenvalue weighted by molar-refractivity contribution is 5.81. The molecule has 0 heterocycles. The van der Waals surface area contributed by atoms with Crippen LogP contribution in [0.25, 0.3) is 0 Å². The van der Waals surface area contributed by atoms with E-state index in [1.54, 1.807) is 14.1 Å². The maximum Gasteiger partial charge on any atom is 0.260 e. The minimum Gasteiger partial charge on any atom is -0.481 e. The molecule has 0 saturated heterocycles. The summed E-state index contributed by atoms with van der Waals surface area (Å²) in [5.41, 5.74) is 0. The molecule has 1 atom stereocenters. The first kappa shape index (κ1) is 16.9. The van der Waals surface area contributed by atoms with Crippen molar-refractivity contribution < 1.29 is 23.1 Å². The first-order valence-corrected chi connectivity index (χ1v) is 6.41. The molecule has 5 nitrogen and oxygen atoms in total. The van der Waals surface area contributed by atoms with Crippen LogP contribution in [0.3, 0.4) is 0 Å². The highest BCUT2D eigenvalue weighted by Gasteiger charge is 2.15. The molecule has 1 aromatic rings. The molecule has 116 valence electrons. The van der Waals surface area contributed by atoms with Crippen LogP contribution in [-0.4, -0.2) is 43.5 Å². The molecule has 21 heavy (non-hydrogen) atoms. The fraction of sp³-hybridized carbons (Fsp3) is 0.429. The van der Waals surface area contributed by atoms with Crippen LogP contribution in [0.15, 0.2) is 18.2 Å². The SMILES string of the molecule is C[C@H](Oc1ccc(F)c(F)c1)C(=O)NCCC(=O)N(C)C. The number of hydrogen-bond donors (Lipinski definition) is 1. The normalized spacial score (nSPS) is 11.7. The van der Waals surface area contributed by atoms with Gasteiger partial charge in [0.15, 0.2) is 17.7 Å². The topological polar surface area (TPSA) is 58.6 Å². The van der Waals surface area contributed by atoms with Crippen molar-refractivity contribution in [1.82, 2.24) is 10.2 Å². The van der Waals surface area contributed by atoms with E-state index in [1.807, 2.05) is 0 Å². The van der Waals surface area contributed by atoms with Gasteiger partial charge in [-0.05, 0) is 19.1 Å². The van der Waals surface area contributed by atoms with E-state index in [4.69, 9.17) is 4.74 Å². The first-order chi connectivity index (χ1) is 9.81. The highest BCUT2D eigenvalue weighted by atomic mass is 19.2. The Morgan fingerprint density at radius 2 is 1.95 bits per heavy atom. The zero-order valence-electron chi connectivity index (χ0n) is 12.2. The smallest absolute Gasteiger partial charge is 0.260 e. The number of ether oxygens (including phenoxy) is 1. The lowest BCUT2D eigenvalue weighted by Gasteiger charge is -2.15. The third kappa shape index (κ3) is 5.37. The van der Waals surface area contributed by atoms with Gasteiger partial charge in [0, 0.05) is 33.1 Å². The predicted octanol–water partition coefficient (Wildman–Crippen LogP) is 1.33. The first-order valence-electron chi connectivity index (χ1n) is 6.41. The van der Waals surface area contributed by atoms with Crippen molar-refractivity contribution in [2.75, 3.05) is 20.6 Å². The van der Waals surface area contributed by atoms with Crippen LogP contribution < -0.4 is 10.1 Å². The number of nitrogens with one attached hydrogen (secondary N) is 1. The Labute approximate surface area is 121 Å². The Kier molecular flexibility index (Phi) is 6.08. The van der Waals surface area contributed by atoms with Crippen LogP contribution in [0.5, 0.6) is 5.75 Å². The molecule has 0 saturated carbocycles. The monoisotopic (exact) mass is 300 g/mol. The summed E-state index contributed by atoms with van der Waals surface area (Å²) in [6, 6.07) is 3.03. The lowest BCUT2D eigenvalue weighted by molar-refractivity contribution is -0.129. The van der Waals surface area contributed by atoms with Crippen molar-refractivity contribution >= 4 is 11.8 Å². The van der Waals surface area contributed by atoms with Crippen molar-refractivity contribution in [3.63, 3.8) is 0 Å². The van der Waals surface area contributed by atoms with Crippen LogP contribution in [0.4, 0.5) is 8.78 Å². The minimum atomic E-state index is -1.04. The van der Waals surface area contributed by atoms with Crippen molar-refractivity contribution in [3.8, 4) is 5.75 Å². The summed E-state index contributed by atoms with van der Waals surface area (Å²) in [6.45, 7) is 1.66. The maximum atomic E-state index is 13.0. The molecular formula is C14H18F2N2O3. The molecule has 0 radical (unpaired) electrons. The third-order valence-corrected chi connectivity index (χ3v) is 2.71. The van der Waals surface area contributed by atoms with Crippen LogP contribution in [0, 0.1) is 11.6 Å². The Bertz CT molecular complexity index is 521. The average Bonchev–Trinajstić information content (AvgIpc) is 2.42. The molecule has 2 amide bonds. The number of nitrogens with zero attached hydrogens (tertiary/aromatic N) is 1. The van der Waals surface area contributed by atoms with E-state index in [0.29, 0.717) is 0 Å². The molecule has 0 bridgehead atoms. The van der Waals surface area contributed by atoms with Crippen LogP contribution in [0.1, 0.15) is 13.3 Å². The number of carbonyl (C=O) groups excluding carboxylic acids is 2. The molecule has 0 aliphatic rings. The molecular weight excluding hydrogens is 282 g/mol. The second-order valence-electron chi connectivity index (χ2n) is 4.67. The molecule has 1 N–H and O–H groups in total. The van der Waals surface area contributed by atoms with Gasteiger partial charge < -0.3 is 15.0 Å². The predicted molar refractivity (Wildman–Crippen MR) is 72.8 cm³/mol. The highest BCUT2D eigenvalue weighted by Crippen LogP contribution is 2.16. The van der Waals surface area contributed by atoms with Crippen molar-refractivity contribution in [2.45, 2.75) is 19.4 Å². The number of rotatable bonds is 6. The fourth-order valence-electron chi connectivity index (χ4n) is 1.47. The second-order valence-corrected chi connectivity index (χ2v) is 4.67. The van der Waals surface area contributed by atoms with E-state index in [1.165, 1.54) is 17.9 Å². The van der Waals surface area contributed by atoms with Gasteiger partial charge in [-0.3, -0.25) is 9.59 Å². The van der Waals surface area contributed by atoms with Gasteiger partial charge in [-0.25, -0.2) is 8.78 Å². The van der Waals surface area contributed by atoms with Crippen molar-refractivity contribution in [1.29, 1.82) is 0 Å².